The van der Waals surface area contributed by atoms with Crippen molar-refractivity contribution in [2.45, 2.75) is 38.3 Å². The zero-order chi connectivity index (χ0) is 38.1. The lowest BCUT2D eigenvalue weighted by Crippen LogP contribution is -2.38. The van der Waals surface area contributed by atoms with E-state index >= 15 is 0 Å². The minimum atomic E-state index is -0.170. The number of methoxy groups -OCH3 is 1. The maximum Gasteiger partial charge on any atom is 0.268 e. The number of aryl methyl sites for hydroxylation is 1. The number of aromatic nitrogens is 1. The molecule has 0 saturated carbocycles. The normalized spacial score (nSPS) is 16.6. The van der Waals surface area contributed by atoms with Gasteiger partial charge in [0.2, 0.25) is 5.91 Å². The number of amides is 3. The number of hydrogen-bond acceptors (Lipinski definition) is 9. The van der Waals surface area contributed by atoms with Crippen LogP contribution in [0.5, 0.6) is 17.2 Å². The van der Waals surface area contributed by atoms with E-state index in [2.05, 4.69) is 20.5 Å². The van der Waals surface area contributed by atoms with Crippen molar-refractivity contribution in [3.8, 4) is 28.4 Å². The number of benzene rings is 3. The number of hydrogen-bond donors (Lipinski definition) is 2. The largest absolute Gasteiger partial charge is 0.493 e. The predicted molar refractivity (Wildman–Crippen MR) is 210 cm³/mol. The summed E-state index contributed by atoms with van der Waals surface area (Å²) in [7, 11) is 3.39. The van der Waals surface area contributed by atoms with Crippen LogP contribution < -0.4 is 24.8 Å². The summed E-state index contributed by atoms with van der Waals surface area (Å²) in [5.41, 5.74) is 5.08. The minimum absolute atomic E-state index is 0.0213. The number of anilines is 1. The van der Waals surface area contributed by atoms with Crippen molar-refractivity contribution in [3.63, 3.8) is 0 Å². The summed E-state index contributed by atoms with van der Waals surface area (Å²) in [4.78, 5) is 47.7. The zero-order valence-corrected chi connectivity index (χ0v) is 31.4. The summed E-state index contributed by atoms with van der Waals surface area (Å²) in [5, 5.41) is 5.96. The summed E-state index contributed by atoms with van der Waals surface area (Å²) < 4.78 is 24.6. The van der Waals surface area contributed by atoms with Crippen LogP contribution in [0.15, 0.2) is 77.9 Å². The van der Waals surface area contributed by atoms with Gasteiger partial charge in [-0.05, 0) is 66.8 Å². The Kier molecular flexibility index (Phi) is 12.1. The molecule has 55 heavy (non-hydrogen) atoms. The summed E-state index contributed by atoms with van der Waals surface area (Å²) >= 11 is 0. The fourth-order valence-electron chi connectivity index (χ4n) is 7.05. The lowest BCUT2D eigenvalue weighted by Gasteiger charge is -2.26. The first kappa shape index (κ1) is 37.6. The van der Waals surface area contributed by atoms with Crippen LogP contribution in [0, 0.1) is 0 Å². The number of fused-ring (bicyclic) bond motifs is 2. The van der Waals surface area contributed by atoms with Crippen LogP contribution in [-0.2, 0) is 23.1 Å². The molecular weight excluding hydrogens is 700 g/mol. The molecule has 0 radical (unpaired) electrons. The minimum Gasteiger partial charge on any atom is -0.493 e. The van der Waals surface area contributed by atoms with E-state index in [4.69, 9.17) is 18.9 Å². The van der Waals surface area contributed by atoms with Crippen molar-refractivity contribution in [2.24, 2.45) is 12.0 Å². The molecule has 0 spiro atoms. The number of ether oxygens (including phenoxy) is 4. The predicted octanol–water partition coefficient (Wildman–Crippen LogP) is 5.46. The number of carbonyl (C=O) groups excluding carboxylic acids is 3. The summed E-state index contributed by atoms with van der Waals surface area (Å²) in [6.45, 7) is 6.32. The Morgan fingerprint density at radius 2 is 1.73 bits per heavy atom. The quantitative estimate of drug-likeness (QED) is 0.153. The van der Waals surface area contributed by atoms with E-state index in [-0.39, 0.29) is 36.8 Å². The molecular formula is C42H48N6O7. The second-order valence-electron chi connectivity index (χ2n) is 13.9. The molecule has 2 fully saturated rings. The van der Waals surface area contributed by atoms with Crippen LogP contribution in [0.2, 0.25) is 0 Å². The molecule has 3 aromatic carbocycles. The van der Waals surface area contributed by atoms with Crippen molar-refractivity contribution < 1.29 is 33.3 Å². The lowest BCUT2D eigenvalue weighted by atomic mass is 10.1. The van der Waals surface area contributed by atoms with Crippen molar-refractivity contribution in [3.05, 3.63) is 89.7 Å². The Morgan fingerprint density at radius 3 is 2.51 bits per heavy atom. The van der Waals surface area contributed by atoms with Crippen LogP contribution >= 0.6 is 0 Å². The third kappa shape index (κ3) is 9.35. The first-order chi connectivity index (χ1) is 26.8. The highest BCUT2D eigenvalue weighted by Gasteiger charge is 2.32. The van der Waals surface area contributed by atoms with Crippen molar-refractivity contribution in [1.29, 1.82) is 0 Å². The van der Waals surface area contributed by atoms with Gasteiger partial charge in [0.15, 0.2) is 11.5 Å². The molecule has 13 heteroatoms. The SMILES string of the molecule is COc1cc2c(cc1OCCCC(=O)Nc1ccc(-c3cc(C(=O)NCc4ccc(OCCN5CCOCC5)cc4)n(C)c3)cc1)N=CC1CCCN1C2=O. The Bertz CT molecular complexity index is 2000. The summed E-state index contributed by atoms with van der Waals surface area (Å²) in [6.07, 6.45) is 6.37. The fourth-order valence-corrected chi connectivity index (χ4v) is 7.05. The molecule has 0 bridgehead atoms. The van der Waals surface area contributed by atoms with Crippen molar-refractivity contribution in [2.75, 3.05) is 65.0 Å². The van der Waals surface area contributed by atoms with Gasteiger partial charge in [-0.25, -0.2) is 0 Å². The molecule has 2 N–H and O–H groups in total. The maximum atomic E-state index is 13.1. The molecule has 2 saturated heterocycles. The van der Waals surface area contributed by atoms with E-state index < -0.39 is 0 Å². The van der Waals surface area contributed by atoms with E-state index in [1.54, 1.807) is 12.1 Å². The van der Waals surface area contributed by atoms with Crippen LogP contribution in [0.1, 0.15) is 52.1 Å². The van der Waals surface area contributed by atoms with Crippen LogP contribution in [-0.4, -0.2) is 104 Å². The van der Waals surface area contributed by atoms with Gasteiger partial charge >= 0.3 is 0 Å². The molecule has 4 heterocycles. The molecule has 0 aliphatic carbocycles. The second kappa shape index (κ2) is 17.7. The number of morpholine rings is 1. The first-order valence-electron chi connectivity index (χ1n) is 18.9. The van der Waals surface area contributed by atoms with Crippen molar-refractivity contribution in [1.82, 2.24) is 19.7 Å². The van der Waals surface area contributed by atoms with Gasteiger partial charge in [-0.3, -0.25) is 24.3 Å². The lowest BCUT2D eigenvalue weighted by molar-refractivity contribution is -0.116. The van der Waals surface area contributed by atoms with Gasteiger partial charge in [0.1, 0.15) is 18.1 Å². The topological polar surface area (TPSA) is 136 Å². The van der Waals surface area contributed by atoms with Gasteiger partial charge in [0, 0.05) is 75.9 Å². The van der Waals surface area contributed by atoms with E-state index in [9.17, 15) is 14.4 Å². The summed E-state index contributed by atoms with van der Waals surface area (Å²) in [6, 6.07) is 20.6. The number of rotatable bonds is 15. The molecule has 3 amide bonds. The number of carbonyl (C=O) groups is 3. The van der Waals surface area contributed by atoms with E-state index in [0.717, 1.165) is 74.7 Å². The highest BCUT2D eigenvalue weighted by molar-refractivity contribution is 6.03. The van der Waals surface area contributed by atoms with Gasteiger partial charge in [-0.15, -0.1) is 0 Å². The van der Waals surface area contributed by atoms with E-state index in [1.807, 2.05) is 83.5 Å². The maximum absolute atomic E-state index is 13.1. The van der Waals surface area contributed by atoms with Crippen molar-refractivity contribution >= 4 is 35.3 Å². The van der Waals surface area contributed by atoms with Gasteiger partial charge in [0.25, 0.3) is 11.8 Å². The number of aliphatic imine (C=N–C) groups is 1. The zero-order valence-electron chi connectivity index (χ0n) is 31.4. The molecule has 3 aliphatic rings. The van der Waals surface area contributed by atoms with E-state index in [0.29, 0.717) is 53.7 Å². The average Bonchev–Trinajstić information content (AvgIpc) is 3.82. The van der Waals surface area contributed by atoms with Gasteiger partial charge in [0.05, 0.1) is 44.2 Å². The second-order valence-corrected chi connectivity index (χ2v) is 13.9. The molecule has 13 nitrogen and oxygen atoms in total. The molecule has 3 aliphatic heterocycles. The molecule has 4 aromatic rings. The number of nitrogens with one attached hydrogen (secondary N) is 2. The molecule has 1 aromatic heterocycles. The Balaban J connectivity index is 0.847. The smallest absolute Gasteiger partial charge is 0.268 e. The van der Waals surface area contributed by atoms with Gasteiger partial charge in [-0.2, -0.15) is 0 Å². The fraction of sp³-hybridized carbons (Fsp3) is 0.381. The highest BCUT2D eigenvalue weighted by atomic mass is 16.5. The Morgan fingerprint density at radius 1 is 0.927 bits per heavy atom. The van der Waals surface area contributed by atoms with Gasteiger partial charge in [-0.1, -0.05) is 24.3 Å². The molecule has 288 valence electrons. The van der Waals surface area contributed by atoms with Crippen LogP contribution in [0.4, 0.5) is 11.4 Å². The van der Waals surface area contributed by atoms with Crippen LogP contribution in [0.3, 0.4) is 0 Å². The third-order valence-electron chi connectivity index (χ3n) is 10.2. The summed E-state index contributed by atoms with van der Waals surface area (Å²) in [5.74, 6) is 1.40. The molecule has 1 atom stereocenters. The van der Waals surface area contributed by atoms with E-state index in [1.165, 1.54) is 7.11 Å². The van der Waals surface area contributed by atoms with Gasteiger partial charge < -0.3 is 39.0 Å². The molecule has 1 unspecified atom stereocenters. The molecule has 7 rings (SSSR count). The Labute approximate surface area is 321 Å². The highest BCUT2D eigenvalue weighted by Crippen LogP contribution is 2.38. The third-order valence-corrected chi connectivity index (χ3v) is 10.2. The standard InChI is InChI=1S/C42H48N6O7/c1-46-28-31(23-37(46)41(50)44-26-29-7-13-34(14-8-29)54-22-18-47-16-20-53-21-17-47)30-9-11-32(12-10-30)45-40(49)6-4-19-55-39-25-36-35(24-38(39)52-2)42(51)48-15-3-5-33(48)27-43-36/h7-14,23-25,27-28,33H,3-6,15-22,26H2,1-2H3,(H,44,50)(H,45,49). The van der Waals surface area contributed by atoms with Crippen LogP contribution in [0.25, 0.3) is 11.1 Å². The Hall–Kier alpha value is -5.66. The first-order valence-corrected chi connectivity index (χ1v) is 18.9. The number of nitrogens with zero attached hydrogens (tertiary/aromatic N) is 4. The monoisotopic (exact) mass is 748 g/mol. The average molecular weight is 749 g/mol.